The van der Waals surface area contributed by atoms with Crippen molar-refractivity contribution in [3.05, 3.63) is 35.4 Å². The van der Waals surface area contributed by atoms with Crippen molar-refractivity contribution in [1.82, 2.24) is 5.32 Å². The lowest BCUT2D eigenvalue weighted by atomic mass is 9.71. The first kappa shape index (κ1) is 14.4. The molecule has 3 unspecified atom stereocenters. The molecule has 106 valence electrons. The van der Waals surface area contributed by atoms with Crippen LogP contribution in [-0.4, -0.2) is 13.1 Å². The van der Waals surface area contributed by atoms with Crippen LogP contribution in [0, 0.1) is 23.5 Å². The van der Waals surface area contributed by atoms with E-state index in [0.29, 0.717) is 11.8 Å². The second kappa shape index (κ2) is 6.47. The Balaban J connectivity index is 2.20. The molecule has 0 radical (unpaired) electrons. The molecule has 0 saturated heterocycles. The summed E-state index contributed by atoms with van der Waals surface area (Å²) in [6.07, 6.45) is 3.38. The topological polar surface area (TPSA) is 12.0 Å². The highest BCUT2D eigenvalue weighted by molar-refractivity contribution is 5.23. The number of nitrogens with one attached hydrogen (secondary N) is 1. The van der Waals surface area contributed by atoms with Crippen LogP contribution in [0.25, 0.3) is 0 Å². The van der Waals surface area contributed by atoms with Gasteiger partial charge in [-0.2, -0.15) is 0 Å². The first-order valence-electron chi connectivity index (χ1n) is 7.26. The Hall–Kier alpha value is -0.960. The lowest BCUT2D eigenvalue weighted by Gasteiger charge is -2.35. The summed E-state index contributed by atoms with van der Waals surface area (Å²) < 4.78 is 26.8. The van der Waals surface area contributed by atoms with Gasteiger partial charge >= 0.3 is 0 Å². The Morgan fingerprint density at radius 1 is 1.16 bits per heavy atom. The van der Waals surface area contributed by atoms with Crippen LogP contribution in [0.1, 0.15) is 44.6 Å². The van der Waals surface area contributed by atoms with Crippen LogP contribution in [0.15, 0.2) is 18.2 Å². The van der Waals surface area contributed by atoms with Crippen LogP contribution in [0.2, 0.25) is 0 Å². The number of hydrogen-bond acceptors (Lipinski definition) is 1. The summed E-state index contributed by atoms with van der Waals surface area (Å²) in [7, 11) is 0. The largest absolute Gasteiger partial charge is 0.317 e. The molecule has 0 amide bonds. The van der Waals surface area contributed by atoms with E-state index >= 15 is 0 Å². The van der Waals surface area contributed by atoms with Gasteiger partial charge in [-0.15, -0.1) is 0 Å². The number of halogens is 2. The van der Waals surface area contributed by atoms with E-state index in [-0.39, 0.29) is 5.92 Å². The third-order valence-electron chi connectivity index (χ3n) is 4.23. The molecule has 0 aromatic heterocycles. The summed E-state index contributed by atoms with van der Waals surface area (Å²) in [4.78, 5) is 0. The molecule has 0 bridgehead atoms. The number of benzene rings is 1. The minimum absolute atomic E-state index is 0.271. The van der Waals surface area contributed by atoms with Crippen molar-refractivity contribution < 1.29 is 8.78 Å². The smallest absolute Gasteiger partial charge is 0.126 e. The second-order valence-corrected chi connectivity index (χ2v) is 5.80. The van der Waals surface area contributed by atoms with Crippen LogP contribution in [-0.2, 0) is 0 Å². The average molecular weight is 267 g/mol. The molecule has 1 nitrogen and oxygen atoms in total. The fourth-order valence-corrected chi connectivity index (χ4v) is 3.22. The highest BCUT2D eigenvalue weighted by atomic mass is 19.1. The zero-order chi connectivity index (χ0) is 13.8. The van der Waals surface area contributed by atoms with Crippen molar-refractivity contribution in [2.45, 2.75) is 39.0 Å². The van der Waals surface area contributed by atoms with Crippen molar-refractivity contribution >= 4 is 0 Å². The van der Waals surface area contributed by atoms with Gasteiger partial charge in [0.15, 0.2) is 0 Å². The maximum atomic E-state index is 13.4. The second-order valence-electron chi connectivity index (χ2n) is 5.80. The van der Waals surface area contributed by atoms with Gasteiger partial charge in [0, 0.05) is 6.07 Å². The molecule has 3 atom stereocenters. The molecule has 1 fully saturated rings. The molecule has 1 aliphatic rings. The summed E-state index contributed by atoms with van der Waals surface area (Å²) in [5.74, 6) is 0.463. The van der Waals surface area contributed by atoms with Gasteiger partial charge in [0.2, 0.25) is 0 Å². The van der Waals surface area contributed by atoms with Crippen LogP contribution in [0.5, 0.6) is 0 Å². The van der Waals surface area contributed by atoms with Crippen LogP contribution >= 0.6 is 0 Å². The minimum atomic E-state index is -0.463. The standard InChI is InChI=1S/C16H23F2N/c1-3-19-10-12-5-4-11(2)6-16(12)13-7-14(17)9-15(18)8-13/h7-9,11-12,16,19H,3-6,10H2,1-2H3. The van der Waals surface area contributed by atoms with Crippen molar-refractivity contribution in [3.8, 4) is 0 Å². The van der Waals surface area contributed by atoms with E-state index in [9.17, 15) is 8.78 Å². The third-order valence-corrected chi connectivity index (χ3v) is 4.23. The summed E-state index contributed by atoms with van der Waals surface area (Å²) >= 11 is 0. The maximum Gasteiger partial charge on any atom is 0.126 e. The average Bonchev–Trinajstić information content (AvgIpc) is 2.36. The molecule has 1 aromatic carbocycles. The molecule has 19 heavy (non-hydrogen) atoms. The Labute approximate surface area is 114 Å². The summed E-state index contributed by atoms with van der Waals surface area (Å²) in [6, 6.07) is 3.96. The molecule has 3 heteroatoms. The van der Waals surface area contributed by atoms with E-state index in [0.717, 1.165) is 37.6 Å². The molecule has 1 saturated carbocycles. The quantitative estimate of drug-likeness (QED) is 0.866. The molecule has 1 aromatic rings. The third kappa shape index (κ3) is 3.75. The van der Waals surface area contributed by atoms with Gasteiger partial charge in [-0.1, -0.05) is 20.3 Å². The molecule has 1 N–H and O–H groups in total. The van der Waals surface area contributed by atoms with E-state index < -0.39 is 11.6 Å². The molecule has 0 heterocycles. The normalized spacial score (nSPS) is 27.5. The van der Waals surface area contributed by atoms with Gasteiger partial charge in [-0.25, -0.2) is 8.78 Å². The van der Waals surface area contributed by atoms with Crippen molar-refractivity contribution in [1.29, 1.82) is 0 Å². The van der Waals surface area contributed by atoms with Crippen molar-refractivity contribution in [3.63, 3.8) is 0 Å². The predicted octanol–water partition coefficient (Wildman–Crippen LogP) is 4.09. The molecule has 2 rings (SSSR count). The number of rotatable bonds is 4. The van der Waals surface area contributed by atoms with Crippen LogP contribution in [0.4, 0.5) is 8.78 Å². The fraction of sp³-hybridized carbons (Fsp3) is 0.625. The lowest BCUT2D eigenvalue weighted by Crippen LogP contribution is -2.31. The van der Waals surface area contributed by atoms with E-state index in [4.69, 9.17) is 0 Å². The monoisotopic (exact) mass is 267 g/mol. The zero-order valence-electron chi connectivity index (χ0n) is 11.8. The Morgan fingerprint density at radius 3 is 2.47 bits per heavy atom. The Bertz CT molecular complexity index is 397. The molecular formula is C16H23F2N. The number of hydrogen-bond donors (Lipinski definition) is 1. The lowest BCUT2D eigenvalue weighted by molar-refractivity contribution is 0.242. The van der Waals surface area contributed by atoms with Crippen molar-refractivity contribution in [2.75, 3.05) is 13.1 Å². The summed E-state index contributed by atoms with van der Waals surface area (Å²) in [5.41, 5.74) is 0.826. The molecular weight excluding hydrogens is 244 g/mol. The van der Waals surface area contributed by atoms with E-state index in [1.54, 1.807) is 0 Å². The van der Waals surface area contributed by atoms with Gasteiger partial charge < -0.3 is 5.32 Å². The maximum absolute atomic E-state index is 13.4. The van der Waals surface area contributed by atoms with E-state index in [1.165, 1.54) is 18.6 Å². The first-order valence-corrected chi connectivity index (χ1v) is 7.26. The van der Waals surface area contributed by atoms with Crippen LogP contribution in [0.3, 0.4) is 0 Å². The minimum Gasteiger partial charge on any atom is -0.317 e. The molecule has 0 spiro atoms. The van der Waals surface area contributed by atoms with Crippen molar-refractivity contribution in [2.24, 2.45) is 11.8 Å². The van der Waals surface area contributed by atoms with Gasteiger partial charge in [-0.05, 0) is 61.4 Å². The highest BCUT2D eigenvalue weighted by Gasteiger charge is 2.30. The zero-order valence-corrected chi connectivity index (χ0v) is 11.8. The highest BCUT2D eigenvalue weighted by Crippen LogP contribution is 2.40. The van der Waals surface area contributed by atoms with Gasteiger partial charge in [-0.3, -0.25) is 0 Å². The fourth-order valence-electron chi connectivity index (χ4n) is 3.22. The van der Waals surface area contributed by atoms with Gasteiger partial charge in [0.1, 0.15) is 11.6 Å². The van der Waals surface area contributed by atoms with E-state index in [1.807, 2.05) is 0 Å². The Morgan fingerprint density at radius 2 is 1.84 bits per heavy atom. The van der Waals surface area contributed by atoms with Crippen LogP contribution < -0.4 is 5.32 Å². The SMILES string of the molecule is CCNCC1CCC(C)CC1c1cc(F)cc(F)c1. The molecule has 0 aliphatic heterocycles. The van der Waals surface area contributed by atoms with Gasteiger partial charge in [0.25, 0.3) is 0 Å². The van der Waals surface area contributed by atoms with E-state index in [2.05, 4.69) is 19.2 Å². The Kier molecular flexibility index (Phi) is 4.92. The summed E-state index contributed by atoms with van der Waals surface area (Å²) in [6.45, 7) is 6.19. The predicted molar refractivity (Wildman–Crippen MR) is 74.1 cm³/mol. The summed E-state index contributed by atoms with van der Waals surface area (Å²) in [5, 5.41) is 3.37. The van der Waals surface area contributed by atoms with Gasteiger partial charge in [0.05, 0.1) is 0 Å². The first-order chi connectivity index (χ1) is 9.10. The molecule has 1 aliphatic carbocycles.